The third-order valence-electron chi connectivity index (χ3n) is 6.85. The first-order valence-corrected chi connectivity index (χ1v) is 12.9. The Morgan fingerprint density at radius 1 is 0.650 bits per heavy atom. The van der Waals surface area contributed by atoms with Crippen molar-refractivity contribution in [1.29, 1.82) is 0 Å². The van der Waals surface area contributed by atoms with Gasteiger partial charge in [0.15, 0.2) is 0 Å². The Morgan fingerprint density at radius 3 is 1.65 bits per heavy atom. The van der Waals surface area contributed by atoms with Gasteiger partial charge in [0.1, 0.15) is 31.3 Å². The van der Waals surface area contributed by atoms with Crippen LogP contribution in [0.3, 0.4) is 0 Å². The Kier molecular flexibility index (Phi) is 7.94. The molecule has 0 aliphatic heterocycles. The molecule has 0 aromatic heterocycles. The minimum atomic E-state index is -1.22. The summed E-state index contributed by atoms with van der Waals surface area (Å²) in [5, 5.41) is 17.7. The van der Waals surface area contributed by atoms with Crippen molar-refractivity contribution in [2.24, 2.45) is 0 Å². The number of aliphatic hydroxyl groups excluding tert-OH is 1. The maximum absolute atomic E-state index is 11.5. The number of carboxylic acids is 1. The molecule has 4 aromatic carbocycles. The van der Waals surface area contributed by atoms with Gasteiger partial charge in [-0.05, 0) is 57.6 Å². The molecule has 0 saturated heterocycles. The summed E-state index contributed by atoms with van der Waals surface area (Å²) in [5.41, 5.74) is 6.27. The molecule has 0 heterocycles. The fraction of sp³-hybridized carbons (Fsp3) is 0.152. The molecule has 0 amide bonds. The van der Waals surface area contributed by atoms with Crippen molar-refractivity contribution < 1.29 is 34.0 Å². The average molecular weight is 537 g/mol. The Hall–Kier alpha value is -4.88. The number of aliphatic carboxylic acids is 1. The number of carbonyl (C=O) groups is 2. The van der Waals surface area contributed by atoms with E-state index in [-0.39, 0.29) is 26.4 Å². The zero-order valence-electron chi connectivity index (χ0n) is 21.7. The molecule has 2 N–H and O–H groups in total. The van der Waals surface area contributed by atoms with Crippen molar-refractivity contribution in [2.45, 2.75) is 5.41 Å². The first kappa shape index (κ1) is 26.7. The van der Waals surface area contributed by atoms with Gasteiger partial charge >= 0.3 is 11.9 Å². The van der Waals surface area contributed by atoms with Gasteiger partial charge in [-0.25, -0.2) is 9.59 Å². The minimum absolute atomic E-state index is 0.0140. The summed E-state index contributed by atoms with van der Waals surface area (Å²) in [6.45, 7) is 0.291. The molecule has 0 bridgehead atoms. The third-order valence-corrected chi connectivity index (χ3v) is 6.85. The number of fused-ring (bicyclic) bond motifs is 3. The predicted octanol–water partition coefficient (Wildman–Crippen LogP) is 4.98. The summed E-state index contributed by atoms with van der Waals surface area (Å²) < 4.78 is 16.4. The van der Waals surface area contributed by atoms with Gasteiger partial charge in [0, 0.05) is 12.2 Å². The zero-order valence-corrected chi connectivity index (χ0v) is 21.7. The lowest BCUT2D eigenvalue weighted by Gasteiger charge is -2.34. The van der Waals surface area contributed by atoms with E-state index < -0.39 is 17.4 Å². The number of carboxylic acid groups (broad SMARTS) is 1. The summed E-state index contributed by atoms with van der Waals surface area (Å²) in [7, 11) is 0. The van der Waals surface area contributed by atoms with Crippen molar-refractivity contribution >= 4 is 11.9 Å². The summed E-state index contributed by atoms with van der Waals surface area (Å²) in [5.74, 6) is -0.655. The van der Waals surface area contributed by atoms with Crippen molar-refractivity contribution in [3.8, 4) is 22.6 Å². The van der Waals surface area contributed by atoms with Gasteiger partial charge < -0.3 is 24.4 Å². The molecule has 1 aliphatic carbocycles. The van der Waals surface area contributed by atoms with E-state index in [1.807, 2.05) is 36.4 Å². The van der Waals surface area contributed by atoms with E-state index in [0.717, 1.165) is 23.3 Å². The highest BCUT2D eigenvalue weighted by atomic mass is 16.6. The largest absolute Gasteiger partial charge is 0.491 e. The Labute approximate surface area is 231 Å². The van der Waals surface area contributed by atoms with E-state index in [0.29, 0.717) is 11.5 Å². The molecular formula is C33H28O7. The van der Waals surface area contributed by atoms with Gasteiger partial charge in [-0.1, -0.05) is 72.8 Å². The van der Waals surface area contributed by atoms with E-state index >= 15 is 0 Å². The van der Waals surface area contributed by atoms with Crippen LogP contribution < -0.4 is 9.47 Å². The molecule has 7 nitrogen and oxygen atoms in total. The van der Waals surface area contributed by atoms with Gasteiger partial charge in [0.2, 0.25) is 0 Å². The van der Waals surface area contributed by atoms with E-state index in [4.69, 9.17) is 24.4 Å². The summed E-state index contributed by atoms with van der Waals surface area (Å²) in [4.78, 5) is 22.1. The third kappa shape index (κ3) is 5.19. The SMILES string of the molecule is O=C(O)C=CC(=O)OCCOc1ccc(C2(c3ccc(OCCO)cc3)c3ccccc3-c3ccccc32)cc1. The average Bonchev–Trinajstić information content (AvgIpc) is 3.29. The number of hydrogen-bond donors (Lipinski definition) is 2. The fourth-order valence-electron chi connectivity index (χ4n) is 5.28. The molecule has 5 rings (SSSR count). The smallest absolute Gasteiger partial charge is 0.331 e. The number of rotatable bonds is 11. The van der Waals surface area contributed by atoms with E-state index in [1.54, 1.807) is 0 Å². The highest BCUT2D eigenvalue weighted by Gasteiger charge is 2.45. The zero-order chi connectivity index (χ0) is 28.0. The van der Waals surface area contributed by atoms with Crippen molar-refractivity contribution in [3.05, 3.63) is 131 Å². The monoisotopic (exact) mass is 536 g/mol. The lowest BCUT2D eigenvalue weighted by molar-refractivity contribution is -0.139. The molecule has 40 heavy (non-hydrogen) atoms. The van der Waals surface area contributed by atoms with Crippen LogP contribution in [0.2, 0.25) is 0 Å². The molecule has 0 spiro atoms. The van der Waals surface area contributed by atoms with Gasteiger partial charge in [-0.15, -0.1) is 0 Å². The molecule has 0 radical (unpaired) electrons. The van der Waals surface area contributed by atoms with Crippen LogP contribution in [0.1, 0.15) is 22.3 Å². The van der Waals surface area contributed by atoms with Crippen LogP contribution in [0.5, 0.6) is 11.5 Å². The molecule has 0 atom stereocenters. The van der Waals surface area contributed by atoms with Gasteiger partial charge in [-0.3, -0.25) is 0 Å². The maximum Gasteiger partial charge on any atom is 0.331 e. The van der Waals surface area contributed by atoms with Crippen molar-refractivity contribution in [1.82, 2.24) is 0 Å². The Bertz CT molecular complexity index is 1480. The highest BCUT2D eigenvalue weighted by Crippen LogP contribution is 2.56. The van der Waals surface area contributed by atoms with Gasteiger partial charge in [0.25, 0.3) is 0 Å². The van der Waals surface area contributed by atoms with E-state index in [9.17, 15) is 9.59 Å². The summed E-state index contributed by atoms with van der Waals surface area (Å²) in [6.07, 6.45) is 1.59. The van der Waals surface area contributed by atoms with E-state index in [1.165, 1.54) is 22.3 Å². The highest BCUT2D eigenvalue weighted by molar-refractivity contribution is 5.90. The lowest BCUT2D eigenvalue weighted by atomic mass is 9.68. The quantitative estimate of drug-likeness (QED) is 0.139. The standard InChI is InChI=1S/C33H28O7/c34-19-20-38-25-13-9-23(10-14-25)33(29-7-3-1-5-27(29)28-6-2-4-8-30(28)33)24-11-15-26(16-12-24)39-21-22-40-32(37)18-17-31(35)36/h1-18,34H,19-22H2,(H,35,36). The second-order valence-electron chi connectivity index (χ2n) is 9.15. The van der Waals surface area contributed by atoms with E-state index in [2.05, 4.69) is 60.7 Å². The Balaban J connectivity index is 1.46. The van der Waals surface area contributed by atoms with Crippen LogP contribution in [0.4, 0.5) is 0 Å². The molecule has 0 unspecified atom stereocenters. The Morgan fingerprint density at radius 2 is 1.15 bits per heavy atom. The number of aliphatic hydroxyl groups is 1. The number of esters is 1. The van der Waals surface area contributed by atoms with Crippen LogP contribution in [0, 0.1) is 0 Å². The van der Waals surface area contributed by atoms with Gasteiger partial charge in [0.05, 0.1) is 12.0 Å². The fourth-order valence-corrected chi connectivity index (χ4v) is 5.28. The van der Waals surface area contributed by atoms with Crippen molar-refractivity contribution in [3.63, 3.8) is 0 Å². The molecule has 0 fully saturated rings. The molecular weight excluding hydrogens is 508 g/mol. The molecule has 202 valence electrons. The van der Waals surface area contributed by atoms with Crippen LogP contribution >= 0.6 is 0 Å². The second-order valence-corrected chi connectivity index (χ2v) is 9.15. The number of benzene rings is 4. The lowest BCUT2D eigenvalue weighted by Crippen LogP contribution is -2.28. The molecule has 4 aromatic rings. The predicted molar refractivity (Wildman–Crippen MR) is 150 cm³/mol. The topological polar surface area (TPSA) is 102 Å². The van der Waals surface area contributed by atoms with Crippen LogP contribution in [-0.2, 0) is 19.7 Å². The molecule has 7 heteroatoms. The van der Waals surface area contributed by atoms with Crippen LogP contribution in [0.15, 0.2) is 109 Å². The van der Waals surface area contributed by atoms with Gasteiger partial charge in [-0.2, -0.15) is 0 Å². The first-order valence-electron chi connectivity index (χ1n) is 12.9. The first-order chi connectivity index (χ1) is 19.5. The summed E-state index contributed by atoms with van der Waals surface area (Å²) >= 11 is 0. The van der Waals surface area contributed by atoms with Crippen LogP contribution in [-0.4, -0.2) is 48.6 Å². The second kappa shape index (κ2) is 11.9. The molecule has 1 aliphatic rings. The molecule has 0 saturated carbocycles. The van der Waals surface area contributed by atoms with Crippen molar-refractivity contribution in [2.75, 3.05) is 26.4 Å². The number of ether oxygens (including phenoxy) is 3. The number of hydrogen-bond acceptors (Lipinski definition) is 6. The number of carbonyl (C=O) groups excluding carboxylic acids is 1. The normalized spacial score (nSPS) is 12.9. The maximum atomic E-state index is 11.5. The van der Waals surface area contributed by atoms with Crippen LogP contribution in [0.25, 0.3) is 11.1 Å². The summed E-state index contributed by atoms with van der Waals surface area (Å²) in [6, 6.07) is 32.8. The minimum Gasteiger partial charge on any atom is -0.491 e.